The lowest BCUT2D eigenvalue weighted by Crippen LogP contribution is -2.22. The van der Waals surface area contributed by atoms with Crippen molar-refractivity contribution >= 4 is 17.3 Å². The van der Waals surface area contributed by atoms with Crippen molar-refractivity contribution in [1.29, 1.82) is 0 Å². The van der Waals surface area contributed by atoms with Crippen LogP contribution >= 0.6 is 0 Å². The van der Waals surface area contributed by atoms with Crippen molar-refractivity contribution in [1.82, 2.24) is 9.38 Å². The summed E-state index contributed by atoms with van der Waals surface area (Å²) < 4.78 is 7.16. The van der Waals surface area contributed by atoms with Crippen molar-refractivity contribution in [2.45, 2.75) is 13.5 Å². The van der Waals surface area contributed by atoms with Crippen LogP contribution in [0.1, 0.15) is 11.4 Å². The first-order valence-corrected chi connectivity index (χ1v) is 7.30. The van der Waals surface area contributed by atoms with E-state index in [2.05, 4.69) is 15.3 Å². The summed E-state index contributed by atoms with van der Waals surface area (Å²) >= 11 is 0. The highest BCUT2D eigenvalue weighted by atomic mass is 16.5. The van der Waals surface area contributed by atoms with Gasteiger partial charge in [0.2, 0.25) is 0 Å². The second-order valence-corrected chi connectivity index (χ2v) is 5.18. The maximum Gasteiger partial charge on any atom is 0.193 e. The van der Waals surface area contributed by atoms with Crippen LogP contribution in [0.2, 0.25) is 0 Å². The molecule has 1 aromatic carbocycles. The van der Waals surface area contributed by atoms with E-state index >= 15 is 0 Å². The van der Waals surface area contributed by atoms with Gasteiger partial charge < -0.3 is 20.2 Å². The number of hydrogen-bond donors (Lipinski definition) is 2. The standard InChI is InChI=1S/C17H19N5O/c1-12-4-3-5-16-20-14(11-22(12)16)10-19-17(18)21-13-6-8-15(23-2)9-7-13/h3-9,11H,10H2,1-2H3,(H3,18,19,21). The molecule has 3 aromatic rings. The molecule has 3 rings (SSSR count). The molecule has 3 N–H and O–H groups in total. The number of aryl methyl sites for hydroxylation is 1. The molecule has 0 spiro atoms. The SMILES string of the molecule is COc1ccc(NC(N)=NCc2cn3c(C)cccc3n2)cc1. The first kappa shape index (κ1) is 14.9. The van der Waals surface area contributed by atoms with Crippen molar-refractivity contribution in [3.63, 3.8) is 0 Å². The summed E-state index contributed by atoms with van der Waals surface area (Å²) in [5.41, 5.74) is 9.70. The van der Waals surface area contributed by atoms with Gasteiger partial charge >= 0.3 is 0 Å². The summed E-state index contributed by atoms with van der Waals surface area (Å²) in [4.78, 5) is 8.86. The van der Waals surface area contributed by atoms with Crippen LogP contribution in [-0.2, 0) is 6.54 Å². The van der Waals surface area contributed by atoms with Crippen LogP contribution < -0.4 is 15.8 Å². The predicted molar refractivity (Wildman–Crippen MR) is 91.9 cm³/mol. The number of guanidine groups is 1. The number of aromatic nitrogens is 2. The molecule has 0 amide bonds. The molecule has 0 aliphatic carbocycles. The number of hydrogen-bond acceptors (Lipinski definition) is 3. The molecular formula is C17H19N5O. The van der Waals surface area contributed by atoms with Crippen molar-refractivity contribution < 1.29 is 4.74 Å². The zero-order valence-electron chi connectivity index (χ0n) is 13.2. The predicted octanol–water partition coefficient (Wildman–Crippen LogP) is 2.58. The third-order valence-electron chi connectivity index (χ3n) is 3.52. The number of imidazole rings is 1. The van der Waals surface area contributed by atoms with Crippen LogP contribution in [-0.4, -0.2) is 22.5 Å². The summed E-state index contributed by atoms with van der Waals surface area (Å²) in [5.74, 6) is 1.15. The Balaban J connectivity index is 1.68. The number of benzene rings is 1. The maximum atomic E-state index is 5.92. The molecule has 2 aromatic heterocycles. The number of nitrogens with two attached hydrogens (primary N) is 1. The van der Waals surface area contributed by atoms with E-state index in [9.17, 15) is 0 Å². The Morgan fingerprint density at radius 3 is 2.74 bits per heavy atom. The molecule has 0 aliphatic heterocycles. The second kappa shape index (κ2) is 6.39. The van der Waals surface area contributed by atoms with E-state index in [1.54, 1.807) is 7.11 Å². The van der Waals surface area contributed by atoms with Gasteiger partial charge in [0.25, 0.3) is 0 Å². The molecule has 2 heterocycles. The molecule has 23 heavy (non-hydrogen) atoms. The molecule has 0 bridgehead atoms. The van der Waals surface area contributed by atoms with Gasteiger partial charge in [0.05, 0.1) is 19.3 Å². The number of nitrogens with one attached hydrogen (secondary N) is 1. The number of nitrogens with zero attached hydrogens (tertiary/aromatic N) is 3. The summed E-state index contributed by atoms with van der Waals surface area (Å²) in [7, 11) is 1.63. The van der Waals surface area contributed by atoms with Gasteiger partial charge in [0.1, 0.15) is 11.4 Å². The average molecular weight is 309 g/mol. The van der Waals surface area contributed by atoms with Gasteiger partial charge in [-0.05, 0) is 43.3 Å². The number of ether oxygens (including phenoxy) is 1. The molecule has 0 radical (unpaired) electrons. The molecule has 0 saturated heterocycles. The smallest absolute Gasteiger partial charge is 0.193 e. The Labute approximate surface area is 134 Å². The molecule has 0 fully saturated rings. The first-order valence-electron chi connectivity index (χ1n) is 7.30. The van der Waals surface area contributed by atoms with E-state index < -0.39 is 0 Å². The molecule has 0 atom stereocenters. The fourth-order valence-electron chi connectivity index (χ4n) is 2.30. The monoisotopic (exact) mass is 309 g/mol. The molecular weight excluding hydrogens is 290 g/mol. The Kier molecular flexibility index (Phi) is 4.14. The van der Waals surface area contributed by atoms with Gasteiger partial charge in [-0.3, -0.25) is 0 Å². The molecule has 118 valence electrons. The number of aliphatic imine (C=N–C) groups is 1. The number of rotatable bonds is 4. The highest BCUT2D eigenvalue weighted by molar-refractivity contribution is 5.92. The lowest BCUT2D eigenvalue weighted by atomic mass is 10.3. The first-order chi connectivity index (χ1) is 11.2. The van der Waals surface area contributed by atoms with Crippen LogP contribution in [0, 0.1) is 6.92 Å². The van der Waals surface area contributed by atoms with Gasteiger partial charge in [0.15, 0.2) is 5.96 Å². The number of anilines is 1. The van der Waals surface area contributed by atoms with Gasteiger partial charge in [-0.15, -0.1) is 0 Å². The molecule has 6 heteroatoms. The number of methoxy groups -OCH3 is 1. The van der Waals surface area contributed by atoms with Crippen LogP contribution in [0.15, 0.2) is 53.7 Å². The van der Waals surface area contributed by atoms with Gasteiger partial charge in [-0.2, -0.15) is 0 Å². The third-order valence-corrected chi connectivity index (χ3v) is 3.52. The lowest BCUT2D eigenvalue weighted by Gasteiger charge is -2.06. The fraction of sp³-hybridized carbons (Fsp3) is 0.176. The third kappa shape index (κ3) is 3.42. The van der Waals surface area contributed by atoms with Crippen molar-refractivity contribution in [2.24, 2.45) is 10.7 Å². The quantitative estimate of drug-likeness (QED) is 0.573. The fourth-order valence-corrected chi connectivity index (χ4v) is 2.30. The van der Waals surface area contributed by atoms with Gasteiger partial charge in [-0.25, -0.2) is 9.98 Å². The highest BCUT2D eigenvalue weighted by Crippen LogP contribution is 2.15. The second-order valence-electron chi connectivity index (χ2n) is 5.18. The van der Waals surface area contributed by atoms with Crippen molar-refractivity contribution in [3.8, 4) is 5.75 Å². The molecule has 6 nitrogen and oxygen atoms in total. The summed E-state index contributed by atoms with van der Waals surface area (Å²) in [6.07, 6.45) is 1.98. The molecule has 0 unspecified atom stereocenters. The largest absolute Gasteiger partial charge is 0.497 e. The topological polar surface area (TPSA) is 76.9 Å². The minimum absolute atomic E-state index is 0.351. The maximum absolute atomic E-state index is 5.92. The average Bonchev–Trinajstić information content (AvgIpc) is 2.98. The lowest BCUT2D eigenvalue weighted by molar-refractivity contribution is 0.415. The Hall–Kier alpha value is -3.02. The zero-order valence-corrected chi connectivity index (χ0v) is 13.2. The van der Waals surface area contributed by atoms with E-state index in [1.165, 1.54) is 0 Å². The molecule has 0 saturated carbocycles. The summed E-state index contributed by atoms with van der Waals surface area (Å²) in [5, 5.41) is 3.05. The van der Waals surface area contributed by atoms with Gasteiger partial charge in [-0.1, -0.05) is 6.07 Å². The van der Waals surface area contributed by atoms with E-state index in [0.717, 1.165) is 28.5 Å². The molecule has 0 aliphatic rings. The highest BCUT2D eigenvalue weighted by Gasteiger charge is 2.03. The van der Waals surface area contributed by atoms with Crippen molar-refractivity contribution in [2.75, 3.05) is 12.4 Å². The minimum Gasteiger partial charge on any atom is -0.497 e. The van der Waals surface area contributed by atoms with E-state index in [1.807, 2.05) is 60.0 Å². The number of fused-ring (bicyclic) bond motifs is 1. The van der Waals surface area contributed by atoms with Crippen LogP contribution in [0.25, 0.3) is 5.65 Å². The van der Waals surface area contributed by atoms with Gasteiger partial charge in [0, 0.05) is 17.6 Å². The minimum atomic E-state index is 0.351. The summed E-state index contributed by atoms with van der Waals surface area (Å²) in [6.45, 7) is 2.47. The Bertz CT molecular complexity index is 836. The van der Waals surface area contributed by atoms with Crippen LogP contribution in [0.5, 0.6) is 5.75 Å². The van der Waals surface area contributed by atoms with Crippen molar-refractivity contribution in [3.05, 3.63) is 60.0 Å². The number of pyridine rings is 1. The Morgan fingerprint density at radius 2 is 2.04 bits per heavy atom. The summed E-state index contributed by atoms with van der Waals surface area (Å²) in [6, 6.07) is 13.5. The van der Waals surface area contributed by atoms with Crippen LogP contribution in [0.4, 0.5) is 5.69 Å². The van der Waals surface area contributed by atoms with Crippen LogP contribution in [0.3, 0.4) is 0 Å². The normalized spacial score (nSPS) is 11.7. The van der Waals surface area contributed by atoms with E-state index in [0.29, 0.717) is 12.5 Å². The Morgan fingerprint density at radius 1 is 1.26 bits per heavy atom. The van der Waals surface area contributed by atoms with E-state index in [-0.39, 0.29) is 0 Å². The zero-order chi connectivity index (χ0) is 16.2. The van der Waals surface area contributed by atoms with E-state index in [4.69, 9.17) is 10.5 Å².